The Balaban J connectivity index is -0.0000000980. The van der Waals surface area contributed by atoms with Gasteiger partial charge in [-0.3, -0.25) is 0 Å². The predicted octanol–water partition coefficient (Wildman–Crippen LogP) is -11.1. The maximum atomic E-state index is 9.63. The van der Waals surface area contributed by atoms with Crippen molar-refractivity contribution in [3.8, 4) is 0 Å². The summed E-state index contributed by atoms with van der Waals surface area (Å²) in [4.78, 5) is 18.8. The molecule has 0 amide bonds. The zero-order chi connectivity index (χ0) is 13.5. The molecule has 0 aromatic carbocycles. The second-order valence-corrected chi connectivity index (χ2v) is 3.34. The third-order valence-electron chi connectivity index (χ3n) is 0.652. The van der Waals surface area contributed by atoms with Crippen LogP contribution in [-0.4, -0.2) is 49.1 Å². The number of carbonyl (C=O) groups is 2. The SMILES string of the molecule is O=C(O)C([O-])=S(=O)=O.O=C(O)C([O-])=S(=O)=O.[K+].[K+]. The van der Waals surface area contributed by atoms with Crippen molar-refractivity contribution in [1.82, 2.24) is 0 Å². The van der Waals surface area contributed by atoms with Crippen molar-refractivity contribution in [3.63, 3.8) is 0 Å². The fourth-order valence-electron chi connectivity index (χ4n) is 0.143. The molecule has 14 heteroatoms. The first-order valence-electron chi connectivity index (χ1n) is 2.84. The van der Waals surface area contributed by atoms with E-state index in [1.165, 1.54) is 0 Å². The molecule has 2 N–H and O–H groups in total. The average molecular weight is 352 g/mol. The van der Waals surface area contributed by atoms with Crippen LogP contribution in [0.4, 0.5) is 0 Å². The van der Waals surface area contributed by atoms with Gasteiger partial charge in [-0.15, -0.1) is 0 Å². The molecule has 0 bridgehead atoms. The minimum Gasteiger partial charge on any atom is -0.810 e. The van der Waals surface area contributed by atoms with Gasteiger partial charge >= 0.3 is 115 Å². The van der Waals surface area contributed by atoms with Gasteiger partial charge in [0.25, 0.3) is 0 Å². The molecular weight excluding hydrogens is 350 g/mol. The van der Waals surface area contributed by atoms with Gasteiger partial charge < -0.3 is 20.4 Å². The molecular formula is C4H2K2O10S2. The number of aliphatic carboxylic acids is 2. The average Bonchev–Trinajstić information content (AvgIpc) is 2.15. The van der Waals surface area contributed by atoms with E-state index in [1.54, 1.807) is 0 Å². The van der Waals surface area contributed by atoms with Crippen molar-refractivity contribution in [2.45, 2.75) is 0 Å². The Hall–Kier alpha value is 1.51. The molecule has 0 aliphatic rings. The van der Waals surface area contributed by atoms with E-state index < -0.39 is 42.6 Å². The van der Waals surface area contributed by atoms with Gasteiger partial charge in [-0.2, -0.15) is 16.8 Å². The molecule has 92 valence electrons. The molecule has 18 heavy (non-hydrogen) atoms. The minimum atomic E-state index is -3.13. The first-order chi connectivity index (χ1) is 7.11. The van der Waals surface area contributed by atoms with Gasteiger partial charge in [0.1, 0.15) is 0 Å². The van der Waals surface area contributed by atoms with E-state index in [4.69, 9.17) is 10.2 Å². The van der Waals surface area contributed by atoms with Gasteiger partial charge in [0.05, 0.1) is 10.1 Å². The van der Waals surface area contributed by atoms with Crippen LogP contribution in [0.5, 0.6) is 0 Å². The molecule has 0 spiro atoms. The van der Waals surface area contributed by atoms with Crippen LogP contribution in [0.15, 0.2) is 0 Å². The summed E-state index contributed by atoms with van der Waals surface area (Å²) in [6.45, 7) is 0. The van der Waals surface area contributed by atoms with Crippen molar-refractivity contribution >= 4 is 42.6 Å². The number of hydrogen-bond acceptors (Lipinski definition) is 8. The van der Waals surface area contributed by atoms with E-state index in [0.29, 0.717) is 0 Å². The van der Waals surface area contributed by atoms with Crippen molar-refractivity contribution < 1.29 is 150 Å². The standard InChI is InChI=1S/2C2H2O5S.2K/c2*3-1(4)2(5)8(6)7;;/h2*5H,(H,3,4);;/q;;2*+1/p-2. The number of carboxylic acid groups (broad SMARTS) is 2. The largest absolute Gasteiger partial charge is 1.00 e. The van der Waals surface area contributed by atoms with Crippen molar-refractivity contribution in [1.29, 1.82) is 0 Å². The summed E-state index contributed by atoms with van der Waals surface area (Å²) >= 11 is 0. The van der Waals surface area contributed by atoms with Crippen LogP contribution in [0.25, 0.3) is 0 Å². The zero-order valence-electron chi connectivity index (χ0n) is 8.98. The van der Waals surface area contributed by atoms with Crippen LogP contribution in [-0.2, 0) is 30.2 Å². The van der Waals surface area contributed by atoms with E-state index in [-0.39, 0.29) is 103 Å². The Morgan fingerprint density at radius 2 is 0.889 bits per heavy atom. The fraction of sp³-hybridized carbons (Fsp3) is 0. The third-order valence-corrected chi connectivity index (χ3v) is 1.61. The maximum Gasteiger partial charge on any atom is 1.00 e. The van der Waals surface area contributed by atoms with Gasteiger partial charge in [-0.1, -0.05) is 0 Å². The molecule has 0 unspecified atom stereocenters. The summed E-state index contributed by atoms with van der Waals surface area (Å²) in [5, 5.41) is 30.9. The number of rotatable bonds is 0. The van der Waals surface area contributed by atoms with Gasteiger partial charge in [0.15, 0.2) is 0 Å². The van der Waals surface area contributed by atoms with Crippen LogP contribution < -0.4 is 113 Å². The third kappa shape index (κ3) is 15.6. The van der Waals surface area contributed by atoms with Crippen LogP contribution in [0.2, 0.25) is 0 Å². The van der Waals surface area contributed by atoms with Gasteiger partial charge in [-0.25, -0.2) is 9.59 Å². The van der Waals surface area contributed by atoms with E-state index >= 15 is 0 Å². The Bertz CT molecular complexity index is 487. The quantitative estimate of drug-likeness (QED) is 0.312. The van der Waals surface area contributed by atoms with E-state index in [0.717, 1.165) is 0 Å². The van der Waals surface area contributed by atoms with Crippen LogP contribution in [0.3, 0.4) is 0 Å². The van der Waals surface area contributed by atoms with E-state index in [2.05, 4.69) is 0 Å². The summed E-state index contributed by atoms with van der Waals surface area (Å²) < 4.78 is 37.6. The fourth-order valence-corrected chi connectivity index (χ4v) is 0.428. The summed E-state index contributed by atoms with van der Waals surface area (Å²) in [6, 6.07) is 0. The Kier molecular flexibility index (Phi) is 23.0. The second kappa shape index (κ2) is 14.9. The molecule has 0 aromatic rings. The zero-order valence-corrected chi connectivity index (χ0v) is 16.9. The first kappa shape index (κ1) is 27.8. The Morgan fingerprint density at radius 1 is 0.722 bits per heavy atom. The predicted molar refractivity (Wildman–Crippen MR) is 43.1 cm³/mol. The molecule has 10 nitrogen and oxygen atoms in total. The summed E-state index contributed by atoms with van der Waals surface area (Å²) in [5.74, 6) is -3.92. The monoisotopic (exact) mass is 352 g/mol. The van der Waals surface area contributed by atoms with Crippen molar-refractivity contribution in [3.05, 3.63) is 0 Å². The normalized spacial score (nSPS) is 7.22. The maximum absolute atomic E-state index is 9.63. The Labute approximate surface area is 188 Å². The van der Waals surface area contributed by atoms with Crippen LogP contribution in [0, 0.1) is 0 Å². The first-order valence-corrected chi connectivity index (χ1v) is 4.99. The van der Waals surface area contributed by atoms with Gasteiger partial charge in [0, 0.05) is 0 Å². The molecule has 0 saturated heterocycles. The van der Waals surface area contributed by atoms with Crippen molar-refractivity contribution in [2.75, 3.05) is 0 Å². The molecule has 0 aromatic heterocycles. The molecule has 0 aliphatic heterocycles. The molecule has 0 heterocycles. The number of hydrogen-bond donors (Lipinski definition) is 2. The van der Waals surface area contributed by atoms with Crippen LogP contribution >= 0.6 is 0 Å². The molecule has 0 fully saturated rings. The molecule has 0 rings (SSSR count). The molecule has 0 atom stereocenters. The van der Waals surface area contributed by atoms with E-state index in [9.17, 15) is 36.6 Å². The Morgan fingerprint density at radius 3 is 0.889 bits per heavy atom. The summed E-state index contributed by atoms with van der Waals surface area (Å²) in [6.07, 6.45) is 0. The number of carboxylic acids is 2. The van der Waals surface area contributed by atoms with E-state index in [1.807, 2.05) is 0 Å². The van der Waals surface area contributed by atoms with Crippen molar-refractivity contribution in [2.24, 2.45) is 0 Å². The minimum absolute atomic E-state index is 0. The van der Waals surface area contributed by atoms with Gasteiger partial charge in [0.2, 0.25) is 20.6 Å². The topological polar surface area (TPSA) is 189 Å². The summed E-state index contributed by atoms with van der Waals surface area (Å²) in [7, 11) is -6.26. The second-order valence-electron chi connectivity index (χ2n) is 1.65. The molecule has 0 aliphatic carbocycles. The summed E-state index contributed by atoms with van der Waals surface area (Å²) in [5.41, 5.74) is 0. The van der Waals surface area contributed by atoms with Gasteiger partial charge in [-0.05, 0) is 0 Å². The molecule has 0 saturated carbocycles. The smallest absolute Gasteiger partial charge is 0.810 e. The van der Waals surface area contributed by atoms with Crippen LogP contribution in [0.1, 0.15) is 0 Å². The molecule has 0 radical (unpaired) electrons.